The number of nitrogens with one attached hydrogen (secondary N) is 1. The summed E-state index contributed by atoms with van der Waals surface area (Å²) in [4.78, 5) is 28.0. The van der Waals surface area contributed by atoms with Crippen molar-refractivity contribution >= 4 is 23.1 Å². The van der Waals surface area contributed by atoms with Crippen LogP contribution in [0.25, 0.3) is 5.57 Å². The van der Waals surface area contributed by atoms with E-state index in [0.717, 1.165) is 11.1 Å². The van der Waals surface area contributed by atoms with Gasteiger partial charge in [0.25, 0.3) is 11.8 Å². The third kappa shape index (κ3) is 4.21. The number of nitrogens with zero attached hydrogens (tertiary/aromatic N) is 1. The zero-order valence-corrected chi connectivity index (χ0v) is 17.6. The normalized spacial score (nSPS) is 13.7. The van der Waals surface area contributed by atoms with Crippen molar-refractivity contribution in [3.63, 3.8) is 0 Å². The Bertz CT molecular complexity index is 1140. The fourth-order valence-electron chi connectivity index (χ4n) is 3.71. The number of methoxy groups -OCH3 is 1. The molecular weight excluding hydrogens is 388 g/mol. The molecule has 3 aromatic rings. The fourth-order valence-corrected chi connectivity index (χ4v) is 3.71. The summed E-state index contributed by atoms with van der Waals surface area (Å²) in [7, 11) is 1.58. The van der Waals surface area contributed by atoms with E-state index in [1.807, 2.05) is 85.8 Å². The number of rotatable bonds is 7. The summed E-state index contributed by atoms with van der Waals surface area (Å²) in [5.74, 6) is -0.0157. The first-order valence-corrected chi connectivity index (χ1v) is 10.2. The van der Waals surface area contributed by atoms with Crippen LogP contribution in [0.1, 0.15) is 16.7 Å². The van der Waals surface area contributed by atoms with Crippen LogP contribution in [0.2, 0.25) is 0 Å². The largest absolute Gasteiger partial charge is 0.495 e. The van der Waals surface area contributed by atoms with Crippen molar-refractivity contribution in [1.29, 1.82) is 0 Å². The Morgan fingerprint density at radius 2 is 1.55 bits per heavy atom. The number of amides is 2. The van der Waals surface area contributed by atoms with Crippen LogP contribution in [0.5, 0.6) is 5.75 Å². The summed E-state index contributed by atoms with van der Waals surface area (Å²) in [6.07, 6.45) is 0.599. The van der Waals surface area contributed by atoms with Gasteiger partial charge in [0.1, 0.15) is 11.4 Å². The van der Waals surface area contributed by atoms with Crippen LogP contribution in [0.4, 0.5) is 5.69 Å². The summed E-state index contributed by atoms with van der Waals surface area (Å²) in [5, 5.41) is 3.20. The van der Waals surface area contributed by atoms with Gasteiger partial charge in [0.05, 0.1) is 18.4 Å². The molecule has 0 atom stereocenters. The topological polar surface area (TPSA) is 58.6 Å². The molecule has 5 heteroatoms. The summed E-state index contributed by atoms with van der Waals surface area (Å²) in [5.41, 5.74) is 4.10. The first kappa shape index (κ1) is 20.4. The third-order valence-electron chi connectivity index (χ3n) is 5.31. The minimum Gasteiger partial charge on any atom is -0.495 e. The quantitative estimate of drug-likeness (QED) is 0.583. The number of ether oxygens (including phenoxy) is 1. The van der Waals surface area contributed by atoms with Crippen LogP contribution in [-0.4, -0.2) is 30.4 Å². The molecule has 1 heterocycles. The molecule has 1 aliphatic rings. The molecular formula is C26H24N2O3. The molecule has 0 bridgehead atoms. The molecule has 0 spiro atoms. The number of imide groups is 1. The number of anilines is 1. The summed E-state index contributed by atoms with van der Waals surface area (Å²) >= 11 is 0. The monoisotopic (exact) mass is 412 g/mol. The highest BCUT2D eigenvalue weighted by Crippen LogP contribution is 2.33. The SMILES string of the molecule is COc1ccc(C)cc1NC1=C(c2ccccc2)C(=O)N(CCc2ccccc2)C1=O. The number of hydrogen-bond donors (Lipinski definition) is 1. The Kier molecular flexibility index (Phi) is 5.85. The van der Waals surface area contributed by atoms with Crippen LogP contribution in [-0.2, 0) is 16.0 Å². The Balaban J connectivity index is 1.70. The molecule has 1 N–H and O–H groups in total. The molecule has 0 fully saturated rings. The molecule has 0 radical (unpaired) electrons. The Morgan fingerprint density at radius 1 is 0.871 bits per heavy atom. The van der Waals surface area contributed by atoms with Crippen LogP contribution in [0, 0.1) is 6.92 Å². The van der Waals surface area contributed by atoms with Gasteiger partial charge < -0.3 is 10.1 Å². The molecule has 5 nitrogen and oxygen atoms in total. The minimum absolute atomic E-state index is 0.271. The molecule has 31 heavy (non-hydrogen) atoms. The number of benzene rings is 3. The molecule has 4 rings (SSSR count). The van der Waals surface area contributed by atoms with Gasteiger partial charge >= 0.3 is 0 Å². The van der Waals surface area contributed by atoms with Gasteiger partial charge in [-0.3, -0.25) is 14.5 Å². The molecule has 0 saturated heterocycles. The number of carbonyl (C=O) groups excluding carboxylic acids is 2. The van der Waals surface area contributed by atoms with Crippen LogP contribution < -0.4 is 10.1 Å². The third-order valence-corrected chi connectivity index (χ3v) is 5.31. The van der Waals surface area contributed by atoms with Gasteiger partial charge in [0.2, 0.25) is 0 Å². The Morgan fingerprint density at radius 3 is 2.23 bits per heavy atom. The second-order valence-electron chi connectivity index (χ2n) is 7.44. The zero-order chi connectivity index (χ0) is 21.8. The van der Waals surface area contributed by atoms with Crippen molar-refractivity contribution in [3.8, 4) is 5.75 Å². The van der Waals surface area contributed by atoms with Crippen molar-refractivity contribution in [2.24, 2.45) is 0 Å². The zero-order valence-electron chi connectivity index (χ0n) is 17.6. The molecule has 0 aliphatic carbocycles. The second-order valence-corrected chi connectivity index (χ2v) is 7.44. The average Bonchev–Trinajstić information content (AvgIpc) is 3.03. The first-order chi connectivity index (χ1) is 15.1. The maximum atomic E-state index is 13.4. The maximum absolute atomic E-state index is 13.4. The second kappa shape index (κ2) is 8.88. The smallest absolute Gasteiger partial charge is 0.278 e. The van der Waals surface area contributed by atoms with Gasteiger partial charge in [-0.25, -0.2) is 0 Å². The standard InChI is InChI=1S/C26H24N2O3/c1-18-13-14-22(31-2)21(17-18)27-24-23(20-11-7-4-8-12-20)25(29)28(26(24)30)16-15-19-9-5-3-6-10-19/h3-14,17,27H,15-16H2,1-2H3. The van der Waals surface area contributed by atoms with E-state index in [2.05, 4.69) is 5.32 Å². The number of hydrogen-bond acceptors (Lipinski definition) is 4. The number of aryl methyl sites for hydroxylation is 1. The van der Waals surface area contributed by atoms with Crippen molar-refractivity contribution in [2.75, 3.05) is 19.0 Å². The molecule has 0 unspecified atom stereocenters. The highest BCUT2D eigenvalue weighted by molar-refractivity contribution is 6.36. The lowest BCUT2D eigenvalue weighted by Crippen LogP contribution is -2.34. The van der Waals surface area contributed by atoms with Gasteiger partial charge in [-0.1, -0.05) is 66.7 Å². The molecule has 2 amide bonds. The van der Waals surface area contributed by atoms with E-state index in [-0.39, 0.29) is 17.5 Å². The molecule has 156 valence electrons. The van der Waals surface area contributed by atoms with Crippen LogP contribution in [0.3, 0.4) is 0 Å². The van der Waals surface area contributed by atoms with E-state index in [9.17, 15) is 9.59 Å². The van der Waals surface area contributed by atoms with Gasteiger partial charge in [-0.05, 0) is 42.2 Å². The van der Waals surface area contributed by atoms with E-state index in [1.165, 1.54) is 4.90 Å². The van der Waals surface area contributed by atoms with Crippen LogP contribution >= 0.6 is 0 Å². The lowest BCUT2D eigenvalue weighted by molar-refractivity contribution is -0.136. The van der Waals surface area contributed by atoms with Crippen LogP contribution in [0.15, 0.2) is 84.6 Å². The van der Waals surface area contributed by atoms with Gasteiger partial charge in [0, 0.05) is 6.54 Å². The van der Waals surface area contributed by atoms with Crippen molar-refractivity contribution in [2.45, 2.75) is 13.3 Å². The van der Waals surface area contributed by atoms with E-state index < -0.39 is 0 Å². The lowest BCUT2D eigenvalue weighted by atomic mass is 10.0. The average molecular weight is 412 g/mol. The van der Waals surface area contributed by atoms with E-state index >= 15 is 0 Å². The Labute approximate surface area is 182 Å². The van der Waals surface area contributed by atoms with Crippen molar-refractivity contribution in [1.82, 2.24) is 4.90 Å². The van der Waals surface area contributed by atoms with Gasteiger partial charge in [-0.2, -0.15) is 0 Å². The predicted octanol–water partition coefficient (Wildman–Crippen LogP) is 4.44. The molecule has 0 aromatic heterocycles. The molecule has 1 aliphatic heterocycles. The van der Waals surface area contributed by atoms with E-state index in [0.29, 0.717) is 35.5 Å². The summed E-state index contributed by atoms with van der Waals surface area (Å²) in [6.45, 7) is 2.28. The van der Waals surface area contributed by atoms with Crippen molar-refractivity contribution < 1.29 is 14.3 Å². The molecule has 3 aromatic carbocycles. The highest BCUT2D eigenvalue weighted by Gasteiger charge is 2.39. The van der Waals surface area contributed by atoms with Gasteiger partial charge in [-0.15, -0.1) is 0 Å². The minimum atomic E-state index is -0.330. The summed E-state index contributed by atoms with van der Waals surface area (Å²) < 4.78 is 5.45. The van der Waals surface area contributed by atoms with E-state index in [1.54, 1.807) is 7.11 Å². The summed E-state index contributed by atoms with van der Waals surface area (Å²) in [6, 6.07) is 24.8. The number of carbonyl (C=O) groups is 2. The lowest BCUT2D eigenvalue weighted by Gasteiger charge is -2.16. The van der Waals surface area contributed by atoms with Crippen molar-refractivity contribution in [3.05, 3.63) is 101 Å². The molecule has 0 saturated carbocycles. The maximum Gasteiger partial charge on any atom is 0.278 e. The van der Waals surface area contributed by atoms with Gasteiger partial charge in [0.15, 0.2) is 0 Å². The van der Waals surface area contributed by atoms with E-state index in [4.69, 9.17) is 4.74 Å². The predicted molar refractivity (Wildman–Crippen MR) is 122 cm³/mol. The first-order valence-electron chi connectivity index (χ1n) is 10.2. The Hall–Kier alpha value is -3.86. The highest BCUT2D eigenvalue weighted by atomic mass is 16.5. The fraction of sp³-hybridized carbons (Fsp3) is 0.154.